The molecule has 6 heteroatoms. The van der Waals surface area contributed by atoms with Gasteiger partial charge in [0.15, 0.2) is 0 Å². The Morgan fingerprint density at radius 3 is 0.886 bits per heavy atom. The van der Waals surface area contributed by atoms with Gasteiger partial charge in [-0.15, -0.1) is 0 Å². The fourth-order valence-electron chi connectivity index (χ4n) is 12.8. The minimum Gasteiger partial charge on any atom is -0.466 e. The number of allylic oxidation sites excluding steroid dienone is 5. The van der Waals surface area contributed by atoms with Gasteiger partial charge in [0.05, 0.1) is 25.4 Å². The number of aliphatic hydroxyl groups is 2. The van der Waals surface area contributed by atoms with Gasteiger partial charge < -0.3 is 20.3 Å². The van der Waals surface area contributed by atoms with Crippen LogP contribution in [0.3, 0.4) is 0 Å². The standard InChI is InChI=1S/C82H157NO5/c1-3-5-7-9-11-13-15-17-19-21-23-24-32-35-39-42-46-50-54-58-62-66-70-74-80(85)79(78-84)83-81(86)75-71-67-63-59-55-51-47-43-40-36-33-30-28-26-25-27-29-31-34-37-41-45-49-53-57-61-65-69-73-77-88-82(87)76-72-68-64-60-56-52-48-44-38-22-20-18-16-14-12-10-8-6-4-2/h12,14,18,20,70,74,79-80,84-85H,3-11,13,15-17,19,21-69,71-73,75-78H2,1-2H3,(H,83,86)/b14-12-,20-18-,74-70+. The molecule has 0 heterocycles. The van der Waals surface area contributed by atoms with Crippen LogP contribution in [0.25, 0.3) is 0 Å². The molecule has 0 aromatic rings. The topological polar surface area (TPSA) is 95.9 Å². The molecule has 0 saturated carbocycles. The summed E-state index contributed by atoms with van der Waals surface area (Å²) in [4.78, 5) is 24.7. The average molecular weight is 1240 g/mol. The maximum absolute atomic E-state index is 12.6. The van der Waals surface area contributed by atoms with Gasteiger partial charge >= 0.3 is 5.97 Å². The van der Waals surface area contributed by atoms with E-state index in [0.29, 0.717) is 19.4 Å². The highest BCUT2D eigenvalue weighted by Gasteiger charge is 2.18. The molecular formula is C82H157NO5. The molecule has 0 aliphatic rings. The largest absolute Gasteiger partial charge is 0.466 e. The van der Waals surface area contributed by atoms with Crippen LogP contribution >= 0.6 is 0 Å². The molecule has 3 N–H and O–H groups in total. The Morgan fingerprint density at radius 2 is 0.568 bits per heavy atom. The van der Waals surface area contributed by atoms with Crippen LogP contribution in [0.5, 0.6) is 0 Å². The monoisotopic (exact) mass is 1240 g/mol. The Bertz CT molecular complexity index is 1430. The molecule has 0 rings (SSSR count). The molecule has 2 atom stereocenters. The maximum atomic E-state index is 12.6. The van der Waals surface area contributed by atoms with Crippen LogP contribution in [0.15, 0.2) is 36.5 Å². The maximum Gasteiger partial charge on any atom is 0.305 e. The molecule has 0 aliphatic heterocycles. The van der Waals surface area contributed by atoms with Crippen molar-refractivity contribution >= 4 is 11.9 Å². The van der Waals surface area contributed by atoms with Crippen molar-refractivity contribution in [2.45, 2.75) is 463 Å². The average Bonchev–Trinajstić information content (AvgIpc) is 3.58. The van der Waals surface area contributed by atoms with Crippen LogP contribution in [-0.4, -0.2) is 47.4 Å². The van der Waals surface area contributed by atoms with E-state index < -0.39 is 12.1 Å². The molecule has 6 nitrogen and oxygen atoms in total. The summed E-state index contributed by atoms with van der Waals surface area (Å²) in [6, 6.07) is -0.627. The van der Waals surface area contributed by atoms with Crippen LogP contribution in [0.4, 0.5) is 0 Å². The number of hydrogen-bond donors (Lipinski definition) is 3. The normalized spacial score (nSPS) is 12.6. The van der Waals surface area contributed by atoms with E-state index in [9.17, 15) is 19.8 Å². The predicted octanol–water partition coefficient (Wildman–Crippen LogP) is 26.6. The third-order valence-electron chi connectivity index (χ3n) is 18.9. The number of unbranched alkanes of at least 4 members (excludes halogenated alkanes) is 61. The molecule has 0 saturated heterocycles. The van der Waals surface area contributed by atoms with E-state index in [1.54, 1.807) is 6.08 Å². The van der Waals surface area contributed by atoms with Crippen molar-refractivity contribution in [3.05, 3.63) is 36.5 Å². The van der Waals surface area contributed by atoms with Gasteiger partial charge in [-0.3, -0.25) is 9.59 Å². The second-order valence-electron chi connectivity index (χ2n) is 27.8. The number of nitrogens with one attached hydrogen (secondary N) is 1. The molecule has 1 amide bonds. The molecule has 88 heavy (non-hydrogen) atoms. The number of aliphatic hydroxyl groups excluding tert-OH is 2. The Balaban J connectivity index is 3.36. The lowest BCUT2D eigenvalue weighted by Crippen LogP contribution is -2.45. The summed E-state index contributed by atoms with van der Waals surface area (Å²) < 4.78 is 5.52. The number of hydrogen-bond acceptors (Lipinski definition) is 5. The van der Waals surface area contributed by atoms with Crippen molar-refractivity contribution in [1.82, 2.24) is 5.32 Å². The first-order valence-corrected chi connectivity index (χ1v) is 40.3. The lowest BCUT2D eigenvalue weighted by atomic mass is 10.0. The van der Waals surface area contributed by atoms with Crippen molar-refractivity contribution in [3.63, 3.8) is 0 Å². The van der Waals surface area contributed by atoms with E-state index in [0.717, 1.165) is 51.4 Å². The molecule has 2 unspecified atom stereocenters. The zero-order chi connectivity index (χ0) is 63.5. The zero-order valence-corrected chi connectivity index (χ0v) is 59.7. The number of carbonyl (C=O) groups is 2. The molecular weight excluding hydrogens is 1080 g/mol. The summed E-state index contributed by atoms with van der Waals surface area (Å²) in [5, 5.41) is 23.3. The van der Waals surface area contributed by atoms with E-state index in [4.69, 9.17) is 4.74 Å². The first kappa shape index (κ1) is 86.1. The molecule has 0 spiro atoms. The highest BCUT2D eigenvalue weighted by molar-refractivity contribution is 5.76. The predicted molar refractivity (Wildman–Crippen MR) is 389 cm³/mol. The van der Waals surface area contributed by atoms with E-state index in [1.165, 1.54) is 372 Å². The summed E-state index contributed by atoms with van der Waals surface area (Å²) >= 11 is 0. The summed E-state index contributed by atoms with van der Waals surface area (Å²) in [6.07, 6.45) is 101. The molecule has 0 aliphatic carbocycles. The van der Waals surface area contributed by atoms with Gasteiger partial charge in [0.2, 0.25) is 5.91 Å². The van der Waals surface area contributed by atoms with Gasteiger partial charge in [-0.1, -0.05) is 410 Å². The molecule has 0 bridgehead atoms. The number of ether oxygens (including phenoxy) is 1. The van der Waals surface area contributed by atoms with Crippen molar-refractivity contribution in [2.24, 2.45) is 0 Å². The van der Waals surface area contributed by atoms with Crippen molar-refractivity contribution in [3.8, 4) is 0 Å². The Labute approximate surface area is 551 Å². The van der Waals surface area contributed by atoms with Gasteiger partial charge in [0.1, 0.15) is 0 Å². The first-order chi connectivity index (χ1) is 43.5. The van der Waals surface area contributed by atoms with Gasteiger partial charge in [-0.25, -0.2) is 0 Å². The lowest BCUT2D eigenvalue weighted by molar-refractivity contribution is -0.143. The Kier molecular flexibility index (Phi) is 75.8. The van der Waals surface area contributed by atoms with Crippen LogP contribution in [0.2, 0.25) is 0 Å². The summed E-state index contributed by atoms with van der Waals surface area (Å²) in [5.74, 6) is -0.0432. The molecule has 0 aromatic carbocycles. The highest BCUT2D eigenvalue weighted by atomic mass is 16.5. The fraction of sp³-hybridized carbons (Fsp3) is 0.902. The molecule has 520 valence electrons. The third-order valence-corrected chi connectivity index (χ3v) is 18.9. The fourth-order valence-corrected chi connectivity index (χ4v) is 12.8. The first-order valence-electron chi connectivity index (χ1n) is 40.3. The van der Waals surface area contributed by atoms with Crippen molar-refractivity contribution in [2.75, 3.05) is 13.2 Å². The van der Waals surface area contributed by atoms with Crippen molar-refractivity contribution in [1.29, 1.82) is 0 Å². The van der Waals surface area contributed by atoms with Crippen LogP contribution < -0.4 is 5.32 Å². The van der Waals surface area contributed by atoms with E-state index in [-0.39, 0.29) is 18.5 Å². The van der Waals surface area contributed by atoms with E-state index in [1.807, 2.05) is 6.08 Å². The van der Waals surface area contributed by atoms with Gasteiger partial charge in [-0.05, 0) is 64.2 Å². The summed E-state index contributed by atoms with van der Waals surface area (Å²) in [5.41, 5.74) is 0. The van der Waals surface area contributed by atoms with Crippen molar-refractivity contribution < 1.29 is 24.5 Å². The van der Waals surface area contributed by atoms with Gasteiger partial charge in [-0.2, -0.15) is 0 Å². The smallest absolute Gasteiger partial charge is 0.305 e. The number of amides is 1. The van der Waals surface area contributed by atoms with E-state index >= 15 is 0 Å². The lowest BCUT2D eigenvalue weighted by Gasteiger charge is -2.20. The SMILES string of the molecule is CCCCC/C=C\C/C=C\CCCCCCCCCCCC(=O)OCCCCCCCCCCCCCCCCCCCCCCCCCCCCCCCC(=O)NC(CO)C(O)/C=C/CCCCCCCCCCCCCCCCCCCCCCC. The molecule has 0 aromatic heterocycles. The summed E-state index contributed by atoms with van der Waals surface area (Å²) in [6.45, 7) is 4.93. The van der Waals surface area contributed by atoms with Crippen LogP contribution in [0.1, 0.15) is 450 Å². The molecule has 0 radical (unpaired) electrons. The van der Waals surface area contributed by atoms with Gasteiger partial charge in [0.25, 0.3) is 0 Å². The third kappa shape index (κ3) is 73.1. The Hall–Kier alpha value is -1.92. The second-order valence-corrected chi connectivity index (χ2v) is 27.8. The quantitative estimate of drug-likeness (QED) is 0.0320. The van der Waals surface area contributed by atoms with Gasteiger partial charge in [0, 0.05) is 12.8 Å². The van der Waals surface area contributed by atoms with Crippen LogP contribution in [-0.2, 0) is 14.3 Å². The van der Waals surface area contributed by atoms with Crippen LogP contribution in [0, 0.1) is 0 Å². The molecule has 0 fully saturated rings. The minimum atomic E-state index is -0.844. The zero-order valence-electron chi connectivity index (χ0n) is 59.7. The number of rotatable bonds is 76. The highest BCUT2D eigenvalue weighted by Crippen LogP contribution is 2.20. The van der Waals surface area contributed by atoms with E-state index in [2.05, 4.69) is 43.5 Å². The second kappa shape index (κ2) is 77.5. The Morgan fingerprint density at radius 1 is 0.318 bits per heavy atom. The number of esters is 1. The number of carbonyl (C=O) groups excluding carboxylic acids is 2. The summed E-state index contributed by atoms with van der Waals surface area (Å²) in [7, 11) is 0. The minimum absolute atomic E-state index is 0.0163.